The molecule has 0 saturated heterocycles. The maximum Gasteiger partial charge on any atom is 0.142 e. The van der Waals surface area contributed by atoms with Gasteiger partial charge in [-0.2, -0.15) is 0 Å². The van der Waals surface area contributed by atoms with Crippen molar-refractivity contribution in [1.29, 1.82) is 0 Å². The largest absolute Gasteiger partial charge is 0.494 e. The Hall–Kier alpha value is -3.56. The van der Waals surface area contributed by atoms with Crippen molar-refractivity contribution >= 4 is 0 Å². The molecule has 30 heavy (non-hydrogen) atoms. The van der Waals surface area contributed by atoms with Gasteiger partial charge in [0, 0.05) is 16.7 Å². The Bertz CT molecular complexity index is 1100. The van der Waals surface area contributed by atoms with Crippen molar-refractivity contribution < 1.29 is 13.5 Å². The van der Waals surface area contributed by atoms with Crippen molar-refractivity contribution in [3.63, 3.8) is 0 Å². The summed E-state index contributed by atoms with van der Waals surface area (Å²) in [4.78, 5) is 0. The molecular formula is C27H22F2O. The first-order chi connectivity index (χ1) is 14.6. The fraction of sp³-hybridized carbons (Fsp3) is 0.185. The van der Waals surface area contributed by atoms with Crippen molar-refractivity contribution in [2.75, 3.05) is 6.61 Å². The number of rotatable bonds is 4. The van der Waals surface area contributed by atoms with Gasteiger partial charge in [-0.25, -0.2) is 8.78 Å². The molecule has 150 valence electrons. The molecule has 0 fully saturated rings. The van der Waals surface area contributed by atoms with Crippen molar-refractivity contribution in [3.05, 3.63) is 100 Å². The summed E-state index contributed by atoms with van der Waals surface area (Å²) in [5.74, 6) is 11.2. The van der Waals surface area contributed by atoms with Gasteiger partial charge >= 0.3 is 0 Å². The Kier molecular flexibility index (Phi) is 7.25. The number of halogens is 2. The van der Waals surface area contributed by atoms with Gasteiger partial charge in [0.1, 0.15) is 17.4 Å². The topological polar surface area (TPSA) is 9.23 Å². The van der Waals surface area contributed by atoms with Crippen LogP contribution >= 0.6 is 0 Å². The molecule has 0 atom stereocenters. The van der Waals surface area contributed by atoms with E-state index in [1.54, 1.807) is 12.1 Å². The summed E-state index contributed by atoms with van der Waals surface area (Å²) in [5, 5.41) is 0. The molecule has 3 heteroatoms. The van der Waals surface area contributed by atoms with Crippen LogP contribution in [0.25, 0.3) is 0 Å². The molecule has 0 spiro atoms. The molecular weight excluding hydrogens is 378 g/mol. The van der Waals surface area contributed by atoms with Gasteiger partial charge in [-0.3, -0.25) is 0 Å². The lowest BCUT2D eigenvalue weighted by molar-refractivity contribution is 0.340. The first kappa shape index (κ1) is 21.2. The van der Waals surface area contributed by atoms with Crippen LogP contribution in [0.15, 0.2) is 60.7 Å². The zero-order valence-electron chi connectivity index (χ0n) is 17.1. The fourth-order valence-electron chi connectivity index (χ4n) is 2.90. The van der Waals surface area contributed by atoms with Crippen LogP contribution in [0, 0.1) is 35.3 Å². The van der Waals surface area contributed by atoms with E-state index in [2.05, 4.69) is 23.7 Å². The minimum Gasteiger partial charge on any atom is -0.494 e. The Morgan fingerprint density at radius 3 is 1.63 bits per heavy atom. The molecule has 3 aromatic rings. The van der Waals surface area contributed by atoms with Crippen molar-refractivity contribution in [1.82, 2.24) is 0 Å². The van der Waals surface area contributed by atoms with Crippen LogP contribution < -0.4 is 4.74 Å². The zero-order valence-corrected chi connectivity index (χ0v) is 17.1. The summed E-state index contributed by atoms with van der Waals surface area (Å²) >= 11 is 0. The monoisotopic (exact) mass is 400 g/mol. The van der Waals surface area contributed by atoms with Crippen LogP contribution in [0.5, 0.6) is 5.75 Å². The number of ether oxygens (including phenoxy) is 1. The average molecular weight is 400 g/mol. The standard InChI is InChI=1S/C27H22F2O/c1-3-5-23-18-26(28)25(27(29)19-23)17-14-21-9-6-20(7-10-21)8-11-22-12-15-24(16-13-22)30-4-2/h6-7,9-10,12-13,15-16,18-19H,3-5H2,1-2H3. The molecule has 3 rings (SSSR count). The maximum atomic E-state index is 14.2. The van der Waals surface area contributed by atoms with Gasteiger partial charge in [0.15, 0.2) is 0 Å². The van der Waals surface area contributed by atoms with E-state index in [1.165, 1.54) is 12.1 Å². The Labute approximate surface area is 176 Å². The average Bonchev–Trinajstić information content (AvgIpc) is 2.74. The van der Waals surface area contributed by atoms with Crippen LogP contribution in [-0.2, 0) is 6.42 Å². The van der Waals surface area contributed by atoms with Crippen LogP contribution in [0.1, 0.15) is 48.1 Å². The van der Waals surface area contributed by atoms with Crippen molar-refractivity contribution in [2.24, 2.45) is 0 Å². The van der Waals surface area contributed by atoms with Crippen LogP contribution in [-0.4, -0.2) is 6.61 Å². The maximum absolute atomic E-state index is 14.2. The summed E-state index contributed by atoms with van der Waals surface area (Å²) in [6, 6.07) is 17.6. The molecule has 0 N–H and O–H groups in total. The number of hydrogen-bond donors (Lipinski definition) is 0. The predicted molar refractivity (Wildman–Crippen MR) is 116 cm³/mol. The second-order valence-corrected chi connectivity index (χ2v) is 6.72. The van der Waals surface area contributed by atoms with Crippen molar-refractivity contribution in [3.8, 4) is 29.4 Å². The smallest absolute Gasteiger partial charge is 0.142 e. The molecule has 0 radical (unpaired) electrons. The molecule has 0 saturated carbocycles. The predicted octanol–water partition coefficient (Wildman–Crippen LogP) is 6.12. The molecule has 0 aliphatic carbocycles. The normalized spacial score (nSPS) is 9.87. The first-order valence-electron chi connectivity index (χ1n) is 9.94. The van der Waals surface area contributed by atoms with Gasteiger partial charge in [-0.05, 0) is 79.6 Å². The molecule has 0 unspecified atom stereocenters. The minimum atomic E-state index is -0.621. The SMILES string of the molecule is CCCc1cc(F)c(C#Cc2ccc(C#Cc3ccc(OCC)cc3)cc2)c(F)c1. The Morgan fingerprint density at radius 2 is 1.17 bits per heavy atom. The summed E-state index contributed by atoms with van der Waals surface area (Å²) in [5.41, 5.74) is 2.83. The van der Waals surface area contributed by atoms with E-state index in [0.717, 1.165) is 23.3 Å². The number of hydrogen-bond acceptors (Lipinski definition) is 1. The third-order valence-electron chi connectivity index (χ3n) is 4.37. The minimum absolute atomic E-state index is 0.200. The molecule has 0 heterocycles. The summed E-state index contributed by atoms with van der Waals surface area (Å²) in [6.07, 6.45) is 1.47. The van der Waals surface area contributed by atoms with E-state index >= 15 is 0 Å². The molecule has 0 amide bonds. The van der Waals surface area contributed by atoms with E-state index in [4.69, 9.17) is 4.74 Å². The number of benzene rings is 3. The second-order valence-electron chi connectivity index (χ2n) is 6.72. The third kappa shape index (κ3) is 5.72. The van der Waals surface area contributed by atoms with E-state index in [-0.39, 0.29) is 5.56 Å². The quantitative estimate of drug-likeness (QED) is 0.480. The van der Waals surface area contributed by atoms with Gasteiger partial charge in [-0.1, -0.05) is 37.0 Å². The first-order valence-corrected chi connectivity index (χ1v) is 9.94. The molecule has 1 nitrogen and oxygen atoms in total. The van der Waals surface area contributed by atoms with Crippen molar-refractivity contribution in [2.45, 2.75) is 26.7 Å². The van der Waals surface area contributed by atoms with Gasteiger partial charge in [0.2, 0.25) is 0 Å². The Balaban J connectivity index is 1.72. The summed E-state index contributed by atoms with van der Waals surface area (Å²) in [6.45, 7) is 4.54. The van der Waals surface area contributed by atoms with Crippen LogP contribution in [0.2, 0.25) is 0 Å². The lowest BCUT2D eigenvalue weighted by Gasteiger charge is -2.02. The second kappa shape index (κ2) is 10.3. The van der Waals surface area contributed by atoms with Gasteiger partial charge in [0.05, 0.1) is 12.2 Å². The van der Waals surface area contributed by atoms with Gasteiger partial charge < -0.3 is 4.74 Å². The molecule has 3 aromatic carbocycles. The highest BCUT2D eigenvalue weighted by molar-refractivity contribution is 5.49. The van der Waals surface area contributed by atoms with E-state index in [9.17, 15) is 8.78 Å². The van der Waals surface area contributed by atoms with Gasteiger partial charge in [-0.15, -0.1) is 0 Å². The highest BCUT2D eigenvalue weighted by atomic mass is 19.1. The summed E-state index contributed by atoms with van der Waals surface area (Å²) < 4.78 is 33.7. The molecule has 0 aromatic heterocycles. The van der Waals surface area contributed by atoms with Crippen LogP contribution in [0.3, 0.4) is 0 Å². The Morgan fingerprint density at radius 1 is 0.700 bits per heavy atom. The third-order valence-corrected chi connectivity index (χ3v) is 4.37. The lowest BCUT2D eigenvalue weighted by atomic mass is 10.1. The fourth-order valence-corrected chi connectivity index (χ4v) is 2.90. The van der Waals surface area contributed by atoms with Gasteiger partial charge in [0.25, 0.3) is 0 Å². The van der Waals surface area contributed by atoms with E-state index in [0.29, 0.717) is 24.2 Å². The molecule has 0 bridgehead atoms. The highest BCUT2D eigenvalue weighted by Crippen LogP contribution is 2.16. The molecule has 0 aliphatic rings. The molecule has 0 aliphatic heterocycles. The summed E-state index contributed by atoms with van der Waals surface area (Å²) in [7, 11) is 0. The van der Waals surface area contributed by atoms with E-state index in [1.807, 2.05) is 50.2 Å². The highest BCUT2D eigenvalue weighted by Gasteiger charge is 2.08. The zero-order chi connectivity index (χ0) is 21.3. The lowest BCUT2D eigenvalue weighted by Crippen LogP contribution is -1.94. The number of aryl methyl sites for hydroxylation is 1. The van der Waals surface area contributed by atoms with Crippen LogP contribution in [0.4, 0.5) is 8.78 Å². The van der Waals surface area contributed by atoms with E-state index < -0.39 is 11.6 Å².